The minimum absolute atomic E-state index is 0.255. The van der Waals surface area contributed by atoms with Crippen LogP contribution in [0.25, 0.3) is 0 Å². The molecule has 1 amide bonds. The van der Waals surface area contributed by atoms with E-state index in [0.717, 1.165) is 83.5 Å². The molecular formula is C72H123NO13. The fourth-order valence-electron chi connectivity index (χ4n) is 10.5. The van der Waals surface area contributed by atoms with Crippen LogP contribution in [0.1, 0.15) is 245 Å². The van der Waals surface area contributed by atoms with E-state index < -0.39 is 86.8 Å². The number of aliphatic hydroxyl groups is 8. The molecule has 0 saturated carbocycles. The van der Waals surface area contributed by atoms with E-state index in [0.29, 0.717) is 12.8 Å². The van der Waals surface area contributed by atoms with Crippen molar-refractivity contribution in [2.75, 3.05) is 19.8 Å². The molecule has 2 saturated heterocycles. The Bertz CT molecular complexity index is 1860. The van der Waals surface area contributed by atoms with Crippen LogP contribution in [0.3, 0.4) is 0 Å². The molecule has 9 N–H and O–H groups in total. The highest BCUT2D eigenvalue weighted by molar-refractivity contribution is 5.76. The van der Waals surface area contributed by atoms with E-state index in [1.54, 1.807) is 6.08 Å². The van der Waals surface area contributed by atoms with Crippen molar-refractivity contribution in [1.29, 1.82) is 0 Å². The Labute approximate surface area is 521 Å². The summed E-state index contributed by atoms with van der Waals surface area (Å²) in [6.45, 7) is 2.64. The normalized spacial score (nSPS) is 24.1. The van der Waals surface area contributed by atoms with Gasteiger partial charge in [0.2, 0.25) is 5.91 Å². The van der Waals surface area contributed by atoms with Crippen LogP contribution < -0.4 is 5.32 Å². The lowest BCUT2D eigenvalue weighted by Gasteiger charge is -2.46. The monoisotopic (exact) mass is 1210 g/mol. The van der Waals surface area contributed by atoms with E-state index in [9.17, 15) is 45.6 Å². The molecule has 0 aliphatic carbocycles. The molecule has 12 unspecified atom stereocenters. The molecule has 0 aromatic heterocycles. The molecule has 14 heteroatoms. The Morgan fingerprint density at radius 2 is 0.814 bits per heavy atom. The number of aliphatic hydroxyl groups excluding tert-OH is 8. The van der Waals surface area contributed by atoms with Gasteiger partial charge in [0.05, 0.1) is 32.0 Å². The third kappa shape index (κ3) is 39.6. The van der Waals surface area contributed by atoms with Gasteiger partial charge in [-0.2, -0.15) is 0 Å². The highest BCUT2D eigenvalue weighted by atomic mass is 16.7. The molecule has 0 bridgehead atoms. The lowest BCUT2D eigenvalue weighted by Crippen LogP contribution is -2.65. The molecule has 2 fully saturated rings. The first-order valence-electron chi connectivity index (χ1n) is 34.1. The molecule has 12 atom stereocenters. The predicted octanol–water partition coefficient (Wildman–Crippen LogP) is 13.6. The van der Waals surface area contributed by atoms with Crippen LogP contribution in [0.5, 0.6) is 0 Å². The van der Waals surface area contributed by atoms with E-state index in [4.69, 9.17) is 18.9 Å². The van der Waals surface area contributed by atoms with Crippen LogP contribution in [0.2, 0.25) is 0 Å². The summed E-state index contributed by atoms with van der Waals surface area (Å²) < 4.78 is 22.8. The third-order valence-electron chi connectivity index (χ3n) is 15.9. The summed E-state index contributed by atoms with van der Waals surface area (Å²) in [6.07, 6.45) is 63.0. The number of hydrogen-bond acceptors (Lipinski definition) is 13. The van der Waals surface area contributed by atoms with Gasteiger partial charge in [0, 0.05) is 6.42 Å². The number of hydrogen-bond donors (Lipinski definition) is 9. The second-order valence-electron chi connectivity index (χ2n) is 23.5. The lowest BCUT2D eigenvalue weighted by atomic mass is 9.97. The maximum absolute atomic E-state index is 13.3. The van der Waals surface area contributed by atoms with Crippen molar-refractivity contribution in [3.05, 3.63) is 109 Å². The van der Waals surface area contributed by atoms with E-state index >= 15 is 0 Å². The molecule has 0 aromatic rings. The SMILES string of the molecule is CC/C=C\C/C=C\C/C=C\C/C=C\C/C=C\C/C=C\CCCCCCCCCCCCCCCCCCCCC(=O)NC(COC1OC(CO)C(OC2OC(CO)C(O)C(O)C2O)C(O)C1O)C(O)/C=C/CC/C=C/CC/C=C/CCCCCCC. The van der Waals surface area contributed by atoms with Gasteiger partial charge in [-0.3, -0.25) is 4.79 Å². The molecular weight excluding hydrogens is 1090 g/mol. The zero-order valence-corrected chi connectivity index (χ0v) is 53.5. The Morgan fingerprint density at radius 3 is 1.28 bits per heavy atom. The van der Waals surface area contributed by atoms with Crippen molar-refractivity contribution in [2.45, 2.75) is 319 Å². The standard InChI is InChI=1S/C72H123NO13/c1-3-5-7-9-11-13-15-17-19-20-21-22-23-24-25-26-27-28-29-30-31-32-33-34-35-36-37-38-39-40-42-44-46-48-50-52-54-56-64(77)73-60(61(76)55-53-51-49-47-45-43-41-18-16-14-12-10-8-6-4-2)59-83-71-69(82)67(80)70(63(58-75)85-71)86-72-68(81)66(79)65(78)62(57-74)84-72/h5,7,11,13,16-19,21-22,24-25,27-28,45,47,53,55,60-63,65-72,74-76,78-82H,3-4,6,8-10,12,14-15,20,23,26,29-44,46,48-52,54,56-59H2,1-2H3,(H,73,77)/b7-5-,13-11-,18-16+,19-17-,22-21-,25-24-,28-27-,47-45+,55-53+. The zero-order valence-electron chi connectivity index (χ0n) is 53.5. The highest BCUT2D eigenvalue weighted by Crippen LogP contribution is 2.30. The van der Waals surface area contributed by atoms with E-state index in [1.165, 1.54) is 128 Å². The number of carbonyl (C=O) groups excluding carboxylic acids is 1. The van der Waals surface area contributed by atoms with Crippen molar-refractivity contribution in [3.8, 4) is 0 Å². The van der Waals surface area contributed by atoms with Gasteiger partial charge in [0.15, 0.2) is 12.6 Å². The van der Waals surface area contributed by atoms with Gasteiger partial charge in [-0.1, -0.05) is 252 Å². The van der Waals surface area contributed by atoms with Gasteiger partial charge in [-0.05, 0) is 96.3 Å². The molecule has 2 aliphatic rings. The smallest absolute Gasteiger partial charge is 0.220 e. The Hall–Kier alpha value is -3.35. The van der Waals surface area contributed by atoms with Gasteiger partial charge >= 0.3 is 0 Å². The van der Waals surface area contributed by atoms with Crippen molar-refractivity contribution in [2.24, 2.45) is 0 Å². The summed E-state index contributed by atoms with van der Waals surface area (Å²) in [5.41, 5.74) is 0. The Kier molecular flexibility index (Phi) is 51.0. The second-order valence-corrected chi connectivity index (χ2v) is 23.5. The topological polar surface area (TPSA) is 228 Å². The number of allylic oxidation sites excluding steroid dienone is 17. The molecule has 2 aliphatic heterocycles. The highest BCUT2D eigenvalue weighted by Gasteiger charge is 2.51. The number of amides is 1. The summed E-state index contributed by atoms with van der Waals surface area (Å²) in [7, 11) is 0. The van der Waals surface area contributed by atoms with E-state index in [1.807, 2.05) is 6.08 Å². The maximum Gasteiger partial charge on any atom is 0.220 e. The number of ether oxygens (including phenoxy) is 4. The zero-order chi connectivity index (χ0) is 62.3. The largest absolute Gasteiger partial charge is 0.394 e. The molecule has 2 rings (SSSR count). The summed E-state index contributed by atoms with van der Waals surface area (Å²) in [5.74, 6) is -0.255. The summed E-state index contributed by atoms with van der Waals surface area (Å²) in [5, 5.41) is 87.2. The predicted molar refractivity (Wildman–Crippen MR) is 350 cm³/mol. The Morgan fingerprint density at radius 1 is 0.430 bits per heavy atom. The van der Waals surface area contributed by atoms with Crippen LogP contribution >= 0.6 is 0 Å². The first-order valence-corrected chi connectivity index (χ1v) is 34.1. The maximum atomic E-state index is 13.3. The van der Waals surface area contributed by atoms with Gasteiger partial charge in [-0.15, -0.1) is 0 Å². The van der Waals surface area contributed by atoms with Crippen LogP contribution in [-0.2, 0) is 23.7 Å². The van der Waals surface area contributed by atoms with E-state index in [-0.39, 0.29) is 18.9 Å². The van der Waals surface area contributed by atoms with Gasteiger partial charge in [0.1, 0.15) is 48.8 Å². The average molecular weight is 1210 g/mol. The summed E-state index contributed by atoms with van der Waals surface area (Å²) in [6, 6.07) is -0.942. The van der Waals surface area contributed by atoms with Gasteiger partial charge < -0.3 is 65.1 Å². The first-order chi connectivity index (χ1) is 42.1. The van der Waals surface area contributed by atoms with Crippen LogP contribution in [0.4, 0.5) is 0 Å². The number of carbonyl (C=O) groups is 1. The minimum atomic E-state index is -1.80. The van der Waals surface area contributed by atoms with Gasteiger partial charge in [0.25, 0.3) is 0 Å². The van der Waals surface area contributed by atoms with Crippen LogP contribution in [0, 0.1) is 0 Å². The van der Waals surface area contributed by atoms with Crippen molar-refractivity contribution >= 4 is 5.91 Å². The van der Waals surface area contributed by atoms with Crippen molar-refractivity contribution < 1.29 is 64.6 Å². The molecule has 2 heterocycles. The quantitative estimate of drug-likeness (QED) is 0.0204. The third-order valence-corrected chi connectivity index (χ3v) is 15.9. The first kappa shape index (κ1) is 78.7. The lowest BCUT2D eigenvalue weighted by molar-refractivity contribution is -0.359. The number of unbranched alkanes of at least 4 members (excludes halogenated alkanes) is 25. The fraction of sp³-hybridized carbons (Fsp3) is 0.736. The van der Waals surface area contributed by atoms with E-state index in [2.05, 4.69) is 116 Å². The number of nitrogens with one attached hydrogen (secondary N) is 1. The summed E-state index contributed by atoms with van der Waals surface area (Å²) >= 11 is 0. The molecule has 14 nitrogen and oxygen atoms in total. The molecule has 494 valence electrons. The number of rotatable bonds is 54. The minimum Gasteiger partial charge on any atom is -0.394 e. The van der Waals surface area contributed by atoms with Crippen LogP contribution in [-0.4, -0.2) is 140 Å². The van der Waals surface area contributed by atoms with Gasteiger partial charge in [-0.25, -0.2) is 0 Å². The molecule has 0 radical (unpaired) electrons. The van der Waals surface area contributed by atoms with Crippen molar-refractivity contribution in [1.82, 2.24) is 5.32 Å². The Balaban J connectivity index is 1.62. The van der Waals surface area contributed by atoms with Crippen LogP contribution in [0.15, 0.2) is 109 Å². The molecule has 0 spiro atoms. The summed E-state index contributed by atoms with van der Waals surface area (Å²) in [4.78, 5) is 13.3. The average Bonchev–Trinajstić information content (AvgIpc) is 1.83. The van der Waals surface area contributed by atoms with Crippen molar-refractivity contribution in [3.63, 3.8) is 0 Å². The molecule has 86 heavy (non-hydrogen) atoms. The second kappa shape index (κ2) is 55.7. The fourth-order valence-corrected chi connectivity index (χ4v) is 10.5. The molecule has 0 aromatic carbocycles.